The summed E-state index contributed by atoms with van der Waals surface area (Å²) in [5.74, 6) is 1.74. The van der Waals surface area contributed by atoms with E-state index in [2.05, 4.69) is 33.9 Å². The van der Waals surface area contributed by atoms with E-state index in [-0.39, 0.29) is 23.9 Å². The number of fused-ring (bicyclic) bond motifs is 2. The van der Waals surface area contributed by atoms with Gasteiger partial charge in [0.2, 0.25) is 0 Å². The Morgan fingerprint density at radius 3 is 2.50 bits per heavy atom. The Balaban J connectivity index is 1.28. The van der Waals surface area contributed by atoms with Gasteiger partial charge in [-0.2, -0.15) is 0 Å². The van der Waals surface area contributed by atoms with E-state index in [1.807, 2.05) is 0 Å². The predicted molar refractivity (Wildman–Crippen MR) is 105 cm³/mol. The van der Waals surface area contributed by atoms with Crippen LogP contribution in [0.2, 0.25) is 0 Å². The van der Waals surface area contributed by atoms with Crippen LogP contribution in [0.5, 0.6) is 0 Å². The number of imide groups is 1. The molecule has 3 heterocycles. The number of amides is 2. The van der Waals surface area contributed by atoms with Gasteiger partial charge in [0.05, 0.1) is 17.2 Å². The lowest BCUT2D eigenvalue weighted by molar-refractivity contribution is 0.0650. The van der Waals surface area contributed by atoms with E-state index in [0.29, 0.717) is 17.7 Å². The first-order valence-electron chi connectivity index (χ1n) is 10.2. The Hall–Kier alpha value is -2.54. The molecule has 4 rings (SSSR count). The number of aromatic nitrogens is 3. The van der Waals surface area contributed by atoms with E-state index in [0.717, 1.165) is 37.5 Å². The van der Waals surface area contributed by atoms with E-state index in [1.165, 1.54) is 17.7 Å². The molecule has 0 saturated carbocycles. The number of hydrogen-bond donors (Lipinski definition) is 1. The highest BCUT2D eigenvalue weighted by Crippen LogP contribution is 2.23. The number of aryl methyl sites for hydroxylation is 1. The van der Waals surface area contributed by atoms with Crippen LogP contribution < -0.4 is 5.32 Å². The molecule has 0 saturated heterocycles. The van der Waals surface area contributed by atoms with Gasteiger partial charge in [-0.3, -0.25) is 14.5 Å². The van der Waals surface area contributed by atoms with Crippen LogP contribution in [0.4, 0.5) is 0 Å². The Morgan fingerprint density at radius 2 is 1.79 bits per heavy atom. The predicted octanol–water partition coefficient (Wildman–Crippen LogP) is 2.73. The summed E-state index contributed by atoms with van der Waals surface area (Å²) in [5, 5.41) is 12.3. The number of nitrogens with one attached hydrogen (secondary N) is 1. The maximum absolute atomic E-state index is 12.4. The fourth-order valence-corrected chi connectivity index (χ4v) is 4.23. The fraction of sp³-hybridized carbons (Fsp3) is 0.524. The number of benzene rings is 1. The molecule has 148 valence electrons. The molecule has 2 aliphatic heterocycles. The lowest BCUT2D eigenvalue weighted by atomic mass is 10.1. The molecule has 1 aromatic carbocycles. The molecule has 0 bridgehead atoms. The van der Waals surface area contributed by atoms with E-state index < -0.39 is 0 Å². The highest BCUT2D eigenvalue weighted by Gasteiger charge is 2.34. The molecule has 2 atom stereocenters. The summed E-state index contributed by atoms with van der Waals surface area (Å²) >= 11 is 0. The molecule has 7 nitrogen and oxygen atoms in total. The summed E-state index contributed by atoms with van der Waals surface area (Å²) in [5.41, 5.74) is 1.03. The monoisotopic (exact) mass is 381 g/mol. The summed E-state index contributed by atoms with van der Waals surface area (Å²) < 4.78 is 2.24. The highest BCUT2D eigenvalue weighted by molar-refractivity contribution is 6.21. The molecule has 2 aromatic rings. The summed E-state index contributed by atoms with van der Waals surface area (Å²) in [4.78, 5) is 26.2. The smallest absolute Gasteiger partial charge is 0.261 e. The van der Waals surface area contributed by atoms with Crippen molar-refractivity contribution in [1.29, 1.82) is 0 Å². The average Bonchev–Trinajstić information content (AvgIpc) is 3.23. The van der Waals surface area contributed by atoms with Crippen LogP contribution in [-0.2, 0) is 13.0 Å². The third-order valence-electron chi connectivity index (χ3n) is 5.71. The average molecular weight is 381 g/mol. The van der Waals surface area contributed by atoms with Crippen LogP contribution in [0.1, 0.15) is 77.9 Å². The van der Waals surface area contributed by atoms with Crippen molar-refractivity contribution in [3.05, 3.63) is 47.0 Å². The van der Waals surface area contributed by atoms with Gasteiger partial charge in [-0.1, -0.05) is 12.1 Å². The van der Waals surface area contributed by atoms with Gasteiger partial charge in [0.1, 0.15) is 11.6 Å². The summed E-state index contributed by atoms with van der Waals surface area (Å²) in [6.07, 6.45) is 5.02. The minimum Gasteiger partial charge on any atom is -0.314 e. The molecule has 0 spiro atoms. The molecule has 2 amide bonds. The lowest BCUT2D eigenvalue weighted by Gasteiger charge is -2.22. The van der Waals surface area contributed by atoms with E-state index in [1.54, 1.807) is 24.3 Å². The summed E-state index contributed by atoms with van der Waals surface area (Å²) in [6, 6.07) is 7.41. The van der Waals surface area contributed by atoms with Crippen molar-refractivity contribution in [2.24, 2.45) is 0 Å². The molecule has 7 heteroatoms. The maximum atomic E-state index is 12.4. The minimum absolute atomic E-state index is 0.119. The zero-order chi connectivity index (χ0) is 19.7. The zero-order valence-electron chi connectivity index (χ0n) is 16.5. The summed E-state index contributed by atoms with van der Waals surface area (Å²) in [6.45, 7) is 5.70. The molecule has 28 heavy (non-hydrogen) atoms. The standard InChI is InChI=1S/C21H27N5O2/c1-14(22-15(2)19-24-23-18-11-5-6-12-25(18)19)8-7-13-26-20(27)16-9-3-4-10-17(16)21(26)28/h3-4,9-10,14-15,22H,5-8,11-13H2,1-2H3/t14-,15+/m1/s1. The van der Waals surface area contributed by atoms with Crippen molar-refractivity contribution in [1.82, 2.24) is 25.0 Å². The Bertz CT molecular complexity index is 856. The second-order valence-corrected chi connectivity index (χ2v) is 7.82. The van der Waals surface area contributed by atoms with Crippen molar-refractivity contribution in [3.63, 3.8) is 0 Å². The SMILES string of the molecule is C[C@H](CCCN1C(=O)c2ccccc2C1=O)N[C@@H](C)c1nnc2n1CCCC2. The minimum atomic E-state index is -0.176. The molecule has 0 fully saturated rings. The number of nitrogens with zero attached hydrogens (tertiary/aromatic N) is 4. The van der Waals surface area contributed by atoms with Crippen molar-refractivity contribution in [2.75, 3.05) is 6.54 Å². The largest absolute Gasteiger partial charge is 0.314 e. The van der Waals surface area contributed by atoms with Gasteiger partial charge in [-0.05, 0) is 51.7 Å². The van der Waals surface area contributed by atoms with Gasteiger partial charge in [-0.25, -0.2) is 0 Å². The number of rotatable bonds is 7. The third kappa shape index (κ3) is 3.46. The molecule has 2 aliphatic rings. The van der Waals surface area contributed by atoms with Crippen LogP contribution in [0.25, 0.3) is 0 Å². The van der Waals surface area contributed by atoms with Crippen LogP contribution in [-0.4, -0.2) is 44.1 Å². The maximum Gasteiger partial charge on any atom is 0.261 e. The van der Waals surface area contributed by atoms with E-state index >= 15 is 0 Å². The highest BCUT2D eigenvalue weighted by atomic mass is 16.2. The second-order valence-electron chi connectivity index (χ2n) is 7.82. The summed E-state index contributed by atoms with van der Waals surface area (Å²) in [7, 11) is 0. The first kappa shape index (κ1) is 18.8. The second kappa shape index (κ2) is 7.83. The normalized spacial score (nSPS) is 18.1. The van der Waals surface area contributed by atoms with Crippen LogP contribution in [0.3, 0.4) is 0 Å². The van der Waals surface area contributed by atoms with Crippen molar-refractivity contribution in [2.45, 2.75) is 64.6 Å². The van der Waals surface area contributed by atoms with Crippen LogP contribution in [0.15, 0.2) is 24.3 Å². The quantitative estimate of drug-likeness (QED) is 0.746. The van der Waals surface area contributed by atoms with Crippen LogP contribution >= 0.6 is 0 Å². The Morgan fingerprint density at radius 1 is 1.07 bits per heavy atom. The Labute approximate surface area is 165 Å². The first-order valence-corrected chi connectivity index (χ1v) is 10.2. The third-order valence-corrected chi connectivity index (χ3v) is 5.71. The number of hydrogen-bond acceptors (Lipinski definition) is 5. The molecule has 0 radical (unpaired) electrons. The topological polar surface area (TPSA) is 80.1 Å². The molecular formula is C21H27N5O2. The Kier molecular flexibility index (Phi) is 5.26. The molecule has 0 unspecified atom stereocenters. The van der Waals surface area contributed by atoms with Gasteiger partial charge in [0.25, 0.3) is 11.8 Å². The van der Waals surface area contributed by atoms with E-state index in [4.69, 9.17) is 0 Å². The van der Waals surface area contributed by atoms with Gasteiger partial charge in [0.15, 0.2) is 0 Å². The number of carbonyl (C=O) groups excluding carboxylic acids is 2. The first-order chi connectivity index (χ1) is 13.6. The van der Waals surface area contributed by atoms with Crippen molar-refractivity contribution in [3.8, 4) is 0 Å². The molecular weight excluding hydrogens is 354 g/mol. The zero-order valence-corrected chi connectivity index (χ0v) is 16.5. The molecule has 0 aliphatic carbocycles. The molecule has 1 N–H and O–H groups in total. The van der Waals surface area contributed by atoms with Gasteiger partial charge in [0, 0.05) is 25.6 Å². The van der Waals surface area contributed by atoms with Gasteiger partial charge >= 0.3 is 0 Å². The van der Waals surface area contributed by atoms with Crippen molar-refractivity contribution < 1.29 is 9.59 Å². The molecule has 1 aromatic heterocycles. The van der Waals surface area contributed by atoms with Crippen LogP contribution in [0, 0.1) is 0 Å². The van der Waals surface area contributed by atoms with Crippen molar-refractivity contribution >= 4 is 11.8 Å². The van der Waals surface area contributed by atoms with E-state index in [9.17, 15) is 9.59 Å². The van der Waals surface area contributed by atoms with Gasteiger partial charge < -0.3 is 9.88 Å². The fourth-order valence-electron chi connectivity index (χ4n) is 4.23. The lowest BCUT2D eigenvalue weighted by Crippen LogP contribution is -2.34. The number of carbonyl (C=O) groups is 2. The van der Waals surface area contributed by atoms with Gasteiger partial charge in [-0.15, -0.1) is 10.2 Å².